The minimum absolute atomic E-state index is 0.143. The van der Waals surface area contributed by atoms with Crippen molar-refractivity contribution >= 4 is 11.9 Å². The maximum atomic E-state index is 12.1. The highest BCUT2D eigenvalue weighted by Crippen LogP contribution is 2.15. The standard InChI is InChI=1S/C38H74O5/c1-5-7-9-11-13-15-17-19-21-23-25-27-29-31-37(39)42-33-35(3)41-34-36(4)43-38(40)32-30-28-26-24-22-20-18-16-14-12-10-8-6-2/h35-36H,5-34H2,1-4H3. The molecule has 0 aromatic rings. The Morgan fingerprint density at radius 3 is 1.12 bits per heavy atom. The third kappa shape index (κ3) is 33.6. The average molecular weight is 611 g/mol. The van der Waals surface area contributed by atoms with Crippen molar-refractivity contribution in [3.05, 3.63) is 0 Å². The quantitative estimate of drug-likeness (QED) is 0.0535. The third-order valence-corrected chi connectivity index (χ3v) is 8.40. The summed E-state index contributed by atoms with van der Waals surface area (Å²) in [6.07, 6.45) is 34.1. The molecular formula is C38H74O5. The molecule has 0 aromatic heterocycles. The molecular weight excluding hydrogens is 536 g/mol. The van der Waals surface area contributed by atoms with Crippen LogP contribution in [0.3, 0.4) is 0 Å². The molecule has 0 amide bonds. The van der Waals surface area contributed by atoms with Gasteiger partial charge in [-0.1, -0.05) is 168 Å². The fourth-order valence-corrected chi connectivity index (χ4v) is 5.52. The zero-order chi connectivity index (χ0) is 31.6. The van der Waals surface area contributed by atoms with E-state index in [9.17, 15) is 9.59 Å². The summed E-state index contributed by atoms with van der Waals surface area (Å²) in [5.74, 6) is -0.285. The Labute approximate surface area is 268 Å². The molecule has 0 N–H and O–H groups in total. The van der Waals surface area contributed by atoms with Crippen molar-refractivity contribution in [3.63, 3.8) is 0 Å². The van der Waals surface area contributed by atoms with Gasteiger partial charge in [-0.3, -0.25) is 9.59 Å². The van der Waals surface area contributed by atoms with Gasteiger partial charge >= 0.3 is 11.9 Å². The number of esters is 2. The van der Waals surface area contributed by atoms with Crippen LogP contribution in [-0.2, 0) is 23.8 Å². The fraction of sp³-hybridized carbons (Fsp3) is 0.947. The van der Waals surface area contributed by atoms with E-state index in [0.29, 0.717) is 19.4 Å². The van der Waals surface area contributed by atoms with Crippen molar-refractivity contribution < 1.29 is 23.8 Å². The van der Waals surface area contributed by atoms with Gasteiger partial charge < -0.3 is 14.2 Å². The van der Waals surface area contributed by atoms with Crippen LogP contribution in [0.25, 0.3) is 0 Å². The van der Waals surface area contributed by atoms with Gasteiger partial charge in [-0.05, 0) is 26.7 Å². The summed E-state index contributed by atoms with van der Waals surface area (Å²) in [5, 5.41) is 0. The first kappa shape index (κ1) is 41.9. The van der Waals surface area contributed by atoms with E-state index in [2.05, 4.69) is 13.8 Å². The van der Waals surface area contributed by atoms with Gasteiger partial charge in [-0.25, -0.2) is 0 Å². The molecule has 0 spiro atoms. The zero-order valence-corrected chi connectivity index (χ0v) is 29.4. The highest BCUT2D eigenvalue weighted by atomic mass is 16.6. The second kappa shape index (κ2) is 33.8. The number of hydrogen-bond donors (Lipinski definition) is 0. The van der Waals surface area contributed by atoms with Crippen LogP contribution < -0.4 is 0 Å². The van der Waals surface area contributed by atoms with Crippen LogP contribution in [0.1, 0.15) is 207 Å². The molecule has 256 valence electrons. The van der Waals surface area contributed by atoms with Crippen molar-refractivity contribution in [2.24, 2.45) is 0 Å². The van der Waals surface area contributed by atoms with E-state index in [4.69, 9.17) is 14.2 Å². The minimum Gasteiger partial charge on any atom is -0.463 e. The molecule has 0 aliphatic heterocycles. The van der Waals surface area contributed by atoms with E-state index in [1.807, 2.05) is 13.8 Å². The van der Waals surface area contributed by atoms with E-state index in [1.54, 1.807) is 0 Å². The molecule has 0 aromatic carbocycles. The Balaban J connectivity index is 3.50. The number of ether oxygens (including phenoxy) is 3. The van der Waals surface area contributed by atoms with Crippen LogP contribution in [0, 0.1) is 0 Å². The summed E-state index contributed by atoms with van der Waals surface area (Å²) in [6, 6.07) is 0. The molecule has 0 radical (unpaired) electrons. The van der Waals surface area contributed by atoms with Gasteiger partial charge in [-0.2, -0.15) is 0 Å². The highest BCUT2D eigenvalue weighted by Gasteiger charge is 2.13. The molecule has 0 rings (SSSR count). The Hall–Kier alpha value is -1.10. The maximum Gasteiger partial charge on any atom is 0.306 e. The minimum atomic E-state index is -0.293. The number of carbonyl (C=O) groups is 2. The maximum absolute atomic E-state index is 12.1. The molecule has 0 bridgehead atoms. The summed E-state index contributed by atoms with van der Waals surface area (Å²) in [4.78, 5) is 24.2. The van der Waals surface area contributed by atoms with E-state index in [0.717, 1.165) is 25.7 Å². The van der Waals surface area contributed by atoms with E-state index < -0.39 is 0 Å². The van der Waals surface area contributed by atoms with Crippen molar-refractivity contribution in [2.45, 2.75) is 220 Å². The number of rotatable bonds is 34. The lowest BCUT2D eigenvalue weighted by Crippen LogP contribution is -2.26. The number of carbonyl (C=O) groups excluding carboxylic acids is 2. The molecule has 0 fully saturated rings. The lowest BCUT2D eigenvalue weighted by atomic mass is 10.0. The third-order valence-electron chi connectivity index (χ3n) is 8.40. The van der Waals surface area contributed by atoms with Crippen molar-refractivity contribution in [1.29, 1.82) is 0 Å². The molecule has 2 atom stereocenters. The van der Waals surface area contributed by atoms with Crippen LogP contribution in [-0.4, -0.2) is 37.4 Å². The Bertz CT molecular complexity index is 593. The van der Waals surface area contributed by atoms with Crippen LogP contribution in [0.5, 0.6) is 0 Å². The second-order valence-corrected chi connectivity index (χ2v) is 13.1. The van der Waals surface area contributed by atoms with Crippen LogP contribution in [0.4, 0.5) is 0 Å². The molecule has 0 saturated carbocycles. The molecule has 0 aliphatic carbocycles. The first-order valence-electron chi connectivity index (χ1n) is 19.0. The van der Waals surface area contributed by atoms with Gasteiger partial charge in [-0.15, -0.1) is 0 Å². The first-order chi connectivity index (χ1) is 21.0. The first-order valence-corrected chi connectivity index (χ1v) is 19.0. The van der Waals surface area contributed by atoms with Crippen molar-refractivity contribution in [1.82, 2.24) is 0 Å². The molecule has 43 heavy (non-hydrogen) atoms. The summed E-state index contributed by atoms with van der Waals surface area (Å²) in [5.41, 5.74) is 0. The fourth-order valence-electron chi connectivity index (χ4n) is 5.52. The normalized spacial score (nSPS) is 12.7. The molecule has 5 nitrogen and oxygen atoms in total. The van der Waals surface area contributed by atoms with E-state index in [-0.39, 0.29) is 30.8 Å². The SMILES string of the molecule is CCCCCCCCCCCCCCCC(=O)OCC(C)OCC(C)OC(=O)CCCCCCCCCCCCCCC. The van der Waals surface area contributed by atoms with E-state index >= 15 is 0 Å². The number of hydrogen-bond acceptors (Lipinski definition) is 5. The lowest BCUT2D eigenvalue weighted by Gasteiger charge is -2.18. The van der Waals surface area contributed by atoms with Crippen molar-refractivity contribution in [3.8, 4) is 0 Å². The molecule has 0 saturated heterocycles. The van der Waals surface area contributed by atoms with Gasteiger partial charge in [0, 0.05) is 12.8 Å². The van der Waals surface area contributed by atoms with Crippen molar-refractivity contribution in [2.75, 3.05) is 13.2 Å². The second-order valence-electron chi connectivity index (χ2n) is 13.1. The van der Waals surface area contributed by atoms with E-state index in [1.165, 1.54) is 141 Å². The van der Waals surface area contributed by atoms with Crippen LogP contribution in [0.2, 0.25) is 0 Å². The van der Waals surface area contributed by atoms with Crippen LogP contribution in [0.15, 0.2) is 0 Å². The van der Waals surface area contributed by atoms with Gasteiger partial charge in [0.2, 0.25) is 0 Å². The summed E-state index contributed by atoms with van der Waals surface area (Å²) in [6.45, 7) is 8.85. The summed E-state index contributed by atoms with van der Waals surface area (Å²) >= 11 is 0. The summed E-state index contributed by atoms with van der Waals surface area (Å²) < 4.78 is 16.6. The smallest absolute Gasteiger partial charge is 0.306 e. The van der Waals surface area contributed by atoms with Crippen LogP contribution >= 0.6 is 0 Å². The van der Waals surface area contributed by atoms with Gasteiger partial charge in [0.25, 0.3) is 0 Å². The average Bonchev–Trinajstić information content (AvgIpc) is 2.99. The summed E-state index contributed by atoms with van der Waals surface area (Å²) in [7, 11) is 0. The Morgan fingerprint density at radius 2 is 0.744 bits per heavy atom. The predicted molar refractivity (Wildman–Crippen MR) is 183 cm³/mol. The monoisotopic (exact) mass is 611 g/mol. The van der Waals surface area contributed by atoms with Gasteiger partial charge in [0.1, 0.15) is 12.7 Å². The number of unbranched alkanes of at least 4 members (excludes halogenated alkanes) is 24. The molecule has 0 heterocycles. The molecule has 0 aliphatic rings. The topological polar surface area (TPSA) is 61.8 Å². The zero-order valence-electron chi connectivity index (χ0n) is 29.4. The Morgan fingerprint density at radius 1 is 0.419 bits per heavy atom. The molecule has 5 heteroatoms. The van der Waals surface area contributed by atoms with Gasteiger partial charge in [0.15, 0.2) is 0 Å². The van der Waals surface area contributed by atoms with Gasteiger partial charge in [0.05, 0.1) is 12.7 Å². The lowest BCUT2D eigenvalue weighted by molar-refractivity contribution is -0.154. The molecule has 2 unspecified atom stereocenters. The highest BCUT2D eigenvalue weighted by molar-refractivity contribution is 5.69. The Kier molecular flexibility index (Phi) is 32.9. The largest absolute Gasteiger partial charge is 0.463 e. The predicted octanol–water partition coefficient (Wildman–Crippen LogP) is 11.8.